The quantitative estimate of drug-likeness (QED) is 0.851. The molecule has 1 aromatic carbocycles. The molecule has 2 N–H and O–H groups in total. The van der Waals surface area contributed by atoms with Crippen molar-refractivity contribution in [2.24, 2.45) is 11.8 Å². The van der Waals surface area contributed by atoms with E-state index in [1.165, 1.54) is 12.0 Å². The van der Waals surface area contributed by atoms with Crippen LogP contribution in [0, 0.1) is 11.8 Å². The van der Waals surface area contributed by atoms with Gasteiger partial charge in [0.2, 0.25) is 5.91 Å². The minimum absolute atomic E-state index is 0.167. The van der Waals surface area contributed by atoms with Gasteiger partial charge in [0.1, 0.15) is 5.75 Å². The Morgan fingerprint density at radius 3 is 2.24 bits per heavy atom. The van der Waals surface area contributed by atoms with E-state index in [4.69, 9.17) is 9.84 Å². The minimum atomic E-state index is -0.796. The highest BCUT2D eigenvalue weighted by Gasteiger charge is 2.30. The molecule has 0 heterocycles. The molecule has 0 unspecified atom stereocenters. The number of rotatable bonds is 5. The smallest absolute Gasteiger partial charge is 0.306 e. The molecule has 0 spiro atoms. The largest absolute Gasteiger partial charge is 0.495 e. The third-order valence-corrected chi connectivity index (χ3v) is 4.56. The Labute approximate surface area is 147 Å². The molecule has 0 aliphatic heterocycles. The first-order valence-electron chi connectivity index (χ1n) is 8.26. The number of hydrogen-bond donors (Lipinski definition) is 2. The Bertz CT molecular complexity index is 663. The molecule has 1 saturated carbocycles. The van der Waals surface area contributed by atoms with Crippen LogP contribution in [0.5, 0.6) is 5.75 Å². The molecule has 1 aliphatic carbocycles. The van der Waals surface area contributed by atoms with E-state index in [0.29, 0.717) is 42.7 Å². The summed E-state index contributed by atoms with van der Waals surface area (Å²) < 4.78 is 5.26. The number of carbonyl (C=O) groups excluding carboxylic acids is 2. The first kappa shape index (κ1) is 18.8. The minimum Gasteiger partial charge on any atom is -0.495 e. The van der Waals surface area contributed by atoms with Crippen molar-refractivity contribution in [1.29, 1.82) is 0 Å². The molecule has 136 valence electrons. The number of ether oxygens (including phenoxy) is 1. The van der Waals surface area contributed by atoms with Crippen molar-refractivity contribution in [1.82, 2.24) is 4.90 Å². The van der Waals surface area contributed by atoms with Gasteiger partial charge in [0.15, 0.2) is 0 Å². The maximum Gasteiger partial charge on any atom is 0.306 e. The number of nitrogens with zero attached hydrogens (tertiary/aromatic N) is 1. The second-order valence-electron chi connectivity index (χ2n) is 6.49. The third kappa shape index (κ3) is 4.49. The normalized spacial score (nSPS) is 19.8. The van der Waals surface area contributed by atoms with Crippen molar-refractivity contribution in [3.8, 4) is 5.75 Å². The van der Waals surface area contributed by atoms with Gasteiger partial charge in [-0.2, -0.15) is 0 Å². The van der Waals surface area contributed by atoms with Gasteiger partial charge in [-0.3, -0.25) is 14.4 Å². The number of carboxylic acids is 1. The number of methoxy groups -OCH3 is 1. The summed E-state index contributed by atoms with van der Waals surface area (Å²) in [7, 11) is 4.81. The van der Waals surface area contributed by atoms with Crippen LogP contribution >= 0.6 is 0 Å². The van der Waals surface area contributed by atoms with Crippen LogP contribution in [0.2, 0.25) is 0 Å². The Hall–Kier alpha value is -2.57. The highest BCUT2D eigenvalue weighted by atomic mass is 16.5. The van der Waals surface area contributed by atoms with Gasteiger partial charge in [0, 0.05) is 25.6 Å². The fourth-order valence-corrected chi connectivity index (χ4v) is 3.03. The van der Waals surface area contributed by atoms with Crippen molar-refractivity contribution < 1.29 is 24.2 Å². The molecular weight excluding hydrogens is 324 g/mol. The van der Waals surface area contributed by atoms with E-state index in [-0.39, 0.29) is 23.7 Å². The van der Waals surface area contributed by atoms with Gasteiger partial charge in [0.25, 0.3) is 5.91 Å². The molecule has 0 saturated heterocycles. The maximum absolute atomic E-state index is 12.5. The summed E-state index contributed by atoms with van der Waals surface area (Å²) >= 11 is 0. The predicted octanol–water partition coefficient (Wildman–Crippen LogP) is 2.23. The van der Waals surface area contributed by atoms with E-state index >= 15 is 0 Å². The molecule has 1 aliphatic rings. The van der Waals surface area contributed by atoms with Gasteiger partial charge >= 0.3 is 5.97 Å². The van der Waals surface area contributed by atoms with Gasteiger partial charge < -0.3 is 20.1 Å². The Morgan fingerprint density at radius 2 is 1.72 bits per heavy atom. The molecular formula is C18H24N2O5. The van der Waals surface area contributed by atoms with E-state index in [1.54, 1.807) is 32.3 Å². The summed E-state index contributed by atoms with van der Waals surface area (Å²) in [4.78, 5) is 37.1. The second-order valence-corrected chi connectivity index (χ2v) is 6.49. The summed E-state index contributed by atoms with van der Waals surface area (Å²) in [5.41, 5.74) is 0.899. The first-order valence-corrected chi connectivity index (χ1v) is 8.26. The molecule has 2 amide bonds. The standard InChI is InChI=1S/C18H24N2O5/c1-20(2)17(22)13-8-9-15(25-3)14(10-13)19-16(21)11-4-6-12(7-5-11)18(23)24/h8-12H,4-7H2,1-3H3,(H,19,21)(H,23,24). The summed E-state index contributed by atoms with van der Waals surface area (Å²) in [5.74, 6) is -1.25. The number of hydrogen-bond acceptors (Lipinski definition) is 4. The Balaban J connectivity index is 2.10. The molecule has 7 nitrogen and oxygen atoms in total. The van der Waals surface area contributed by atoms with Gasteiger partial charge in [-0.05, 0) is 43.9 Å². The lowest BCUT2D eigenvalue weighted by Crippen LogP contribution is -2.29. The van der Waals surface area contributed by atoms with Crippen LogP contribution in [0.15, 0.2) is 18.2 Å². The van der Waals surface area contributed by atoms with Crippen LogP contribution in [-0.2, 0) is 9.59 Å². The number of carbonyl (C=O) groups is 3. The fourth-order valence-electron chi connectivity index (χ4n) is 3.03. The zero-order valence-electron chi connectivity index (χ0n) is 14.7. The average molecular weight is 348 g/mol. The number of nitrogens with one attached hydrogen (secondary N) is 1. The van der Waals surface area contributed by atoms with Crippen molar-refractivity contribution in [2.75, 3.05) is 26.5 Å². The van der Waals surface area contributed by atoms with E-state index in [1.807, 2.05) is 0 Å². The van der Waals surface area contributed by atoms with Gasteiger partial charge in [-0.15, -0.1) is 0 Å². The Kier molecular flexibility index (Phi) is 6.01. The molecule has 0 aromatic heterocycles. The first-order chi connectivity index (χ1) is 11.8. The number of carboxylic acid groups (broad SMARTS) is 1. The summed E-state index contributed by atoms with van der Waals surface area (Å²) in [6, 6.07) is 4.89. The topological polar surface area (TPSA) is 95.9 Å². The summed E-state index contributed by atoms with van der Waals surface area (Å²) in [6.45, 7) is 0. The maximum atomic E-state index is 12.5. The molecule has 1 aromatic rings. The van der Waals surface area contributed by atoms with Gasteiger partial charge in [-0.1, -0.05) is 0 Å². The highest BCUT2D eigenvalue weighted by molar-refractivity contribution is 5.98. The molecule has 0 bridgehead atoms. The van der Waals surface area contributed by atoms with Crippen molar-refractivity contribution in [3.63, 3.8) is 0 Å². The molecule has 2 rings (SSSR count). The molecule has 7 heteroatoms. The summed E-state index contributed by atoms with van der Waals surface area (Å²) in [5, 5.41) is 11.9. The van der Waals surface area contributed by atoms with Gasteiger partial charge in [0.05, 0.1) is 18.7 Å². The van der Waals surface area contributed by atoms with Crippen LogP contribution in [0.4, 0.5) is 5.69 Å². The lowest BCUT2D eigenvalue weighted by atomic mass is 9.81. The average Bonchev–Trinajstić information content (AvgIpc) is 2.60. The van der Waals surface area contributed by atoms with E-state index in [0.717, 1.165) is 0 Å². The molecule has 0 atom stereocenters. The van der Waals surface area contributed by atoms with E-state index in [9.17, 15) is 14.4 Å². The van der Waals surface area contributed by atoms with Gasteiger partial charge in [-0.25, -0.2) is 0 Å². The molecule has 0 radical (unpaired) electrons. The number of benzene rings is 1. The van der Waals surface area contributed by atoms with Crippen molar-refractivity contribution in [3.05, 3.63) is 23.8 Å². The SMILES string of the molecule is COc1ccc(C(=O)N(C)C)cc1NC(=O)C1CCC(C(=O)O)CC1. The van der Waals surface area contributed by atoms with Crippen LogP contribution in [0.1, 0.15) is 36.0 Å². The number of amides is 2. The predicted molar refractivity (Wildman–Crippen MR) is 92.7 cm³/mol. The Morgan fingerprint density at radius 1 is 1.12 bits per heavy atom. The third-order valence-electron chi connectivity index (χ3n) is 4.56. The highest BCUT2D eigenvalue weighted by Crippen LogP contribution is 2.32. The zero-order chi connectivity index (χ0) is 18.6. The molecule has 25 heavy (non-hydrogen) atoms. The van der Waals surface area contributed by atoms with E-state index < -0.39 is 5.97 Å². The monoisotopic (exact) mass is 348 g/mol. The lowest BCUT2D eigenvalue weighted by molar-refractivity contribution is -0.143. The van der Waals surface area contributed by atoms with Crippen LogP contribution < -0.4 is 10.1 Å². The van der Waals surface area contributed by atoms with Crippen LogP contribution in [-0.4, -0.2) is 49.0 Å². The molecule has 1 fully saturated rings. The second kappa shape index (κ2) is 8.00. The lowest BCUT2D eigenvalue weighted by Gasteiger charge is -2.25. The van der Waals surface area contributed by atoms with Crippen molar-refractivity contribution >= 4 is 23.5 Å². The summed E-state index contributed by atoms with van der Waals surface area (Å²) in [6.07, 6.45) is 2.09. The van der Waals surface area contributed by atoms with Crippen LogP contribution in [0.25, 0.3) is 0 Å². The van der Waals surface area contributed by atoms with Crippen molar-refractivity contribution in [2.45, 2.75) is 25.7 Å². The fraction of sp³-hybridized carbons (Fsp3) is 0.500. The van der Waals surface area contributed by atoms with E-state index in [2.05, 4.69) is 5.32 Å². The van der Waals surface area contributed by atoms with Crippen LogP contribution in [0.3, 0.4) is 0 Å². The number of aliphatic carboxylic acids is 1. The zero-order valence-corrected chi connectivity index (χ0v) is 14.7. The number of anilines is 1.